The fraction of sp³-hybridized carbons (Fsp3) is 0.296. The van der Waals surface area contributed by atoms with Crippen LogP contribution < -0.4 is 10.9 Å². The molecule has 0 unspecified atom stereocenters. The Bertz CT molecular complexity index is 1550. The van der Waals surface area contributed by atoms with Gasteiger partial charge in [0.15, 0.2) is 6.61 Å². The van der Waals surface area contributed by atoms with Gasteiger partial charge < -0.3 is 10.1 Å². The Morgan fingerprint density at radius 1 is 1.13 bits per heavy atom. The van der Waals surface area contributed by atoms with Gasteiger partial charge in [-0.15, -0.1) is 0 Å². The normalized spacial score (nSPS) is 16.3. The molecule has 1 fully saturated rings. The van der Waals surface area contributed by atoms with Crippen LogP contribution in [-0.2, 0) is 27.3 Å². The van der Waals surface area contributed by atoms with E-state index in [9.17, 15) is 24.0 Å². The van der Waals surface area contributed by atoms with Crippen LogP contribution in [0.5, 0.6) is 0 Å². The fourth-order valence-corrected chi connectivity index (χ4v) is 5.29. The summed E-state index contributed by atoms with van der Waals surface area (Å²) in [5.41, 5.74) is 1.17. The number of esters is 1. The first-order chi connectivity index (χ1) is 18.9. The number of thioether (sulfide) groups is 1. The minimum Gasteiger partial charge on any atom is -0.452 e. The molecule has 5 rings (SSSR count). The maximum absolute atomic E-state index is 12.9. The summed E-state index contributed by atoms with van der Waals surface area (Å²) in [6.45, 7) is 0.0760. The van der Waals surface area contributed by atoms with Crippen molar-refractivity contribution < 1.29 is 23.9 Å². The average Bonchev–Trinajstić information content (AvgIpc) is 3.09. The third-order valence-corrected chi connectivity index (χ3v) is 7.31. The zero-order valence-corrected chi connectivity index (χ0v) is 21.7. The highest BCUT2D eigenvalue weighted by Crippen LogP contribution is 2.31. The molecule has 3 aromatic rings. The number of hydrogen-bond acceptors (Lipinski definition) is 9. The molecule has 2 aromatic heterocycles. The molecular formula is C27H25N5O6S. The Hall–Kier alpha value is -4.32. The maximum atomic E-state index is 12.9. The molecule has 2 aliphatic heterocycles. The summed E-state index contributed by atoms with van der Waals surface area (Å²) in [6, 6.07) is 8.03. The molecule has 0 spiro atoms. The highest BCUT2D eigenvalue weighted by atomic mass is 32.2. The molecule has 0 atom stereocenters. The number of rotatable bonds is 7. The van der Waals surface area contributed by atoms with Crippen LogP contribution in [0.3, 0.4) is 0 Å². The maximum Gasteiger partial charge on any atom is 0.338 e. The van der Waals surface area contributed by atoms with Crippen LogP contribution in [-0.4, -0.2) is 62.2 Å². The number of fused-ring (bicyclic) bond motifs is 2. The van der Waals surface area contributed by atoms with Crippen molar-refractivity contribution in [3.8, 4) is 0 Å². The summed E-state index contributed by atoms with van der Waals surface area (Å²) in [5.74, 6) is -1.04. The van der Waals surface area contributed by atoms with Gasteiger partial charge in [-0.2, -0.15) is 0 Å². The molecule has 0 bridgehead atoms. The Balaban J connectivity index is 1.13. The van der Waals surface area contributed by atoms with Crippen molar-refractivity contribution in [1.29, 1.82) is 0 Å². The van der Waals surface area contributed by atoms with Crippen molar-refractivity contribution in [1.82, 2.24) is 24.8 Å². The largest absolute Gasteiger partial charge is 0.452 e. The molecule has 0 saturated carbocycles. The lowest BCUT2D eigenvalue weighted by molar-refractivity contribution is -0.125. The standard InChI is InChI=1S/C27H25N5O6S/c33-23(29-10-12-32-25(35)21(39-27(32)37)13-17-5-4-9-28-15-17)16-38-26(36)18-7-8-19-20(14-18)30-22-6-2-1-3-11-31(22)24(19)34/h4-5,7-9,13-15H,1-3,6,10-12,16H2,(H,29,33)/b21-13-. The second-order valence-corrected chi connectivity index (χ2v) is 10.1. The van der Waals surface area contributed by atoms with Gasteiger partial charge in [0.25, 0.3) is 22.6 Å². The number of carbonyl (C=O) groups is 4. The lowest BCUT2D eigenvalue weighted by atomic mass is 10.1. The number of benzene rings is 1. The predicted molar refractivity (Wildman–Crippen MR) is 144 cm³/mol. The smallest absolute Gasteiger partial charge is 0.338 e. The first-order valence-corrected chi connectivity index (χ1v) is 13.3. The van der Waals surface area contributed by atoms with E-state index < -0.39 is 29.6 Å². The van der Waals surface area contributed by atoms with E-state index in [1.807, 2.05) is 0 Å². The van der Waals surface area contributed by atoms with Crippen molar-refractivity contribution in [3.05, 3.63) is 74.9 Å². The van der Waals surface area contributed by atoms with Crippen LogP contribution >= 0.6 is 11.8 Å². The first-order valence-electron chi connectivity index (χ1n) is 12.5. The number of ether oxygens (including phenoxy) is 1. The summed E-state index contributed by atoms with van der Waals surface area (Å²) in [5, 5.41) is 2.54. The van der Waals surface area contributed by atoms with Crippen molar-refractivity contribution in [2.45, 2.75) is 32.2 Å². The molecule has 3 amide bonds. The summed E-state index contributed by atoms with van der Waals surface area (Å²) in [7, 11) is 0. The molecule has 200 valence electrons. The third-order valence-electron chi connectivity index (χ3n) is 6.40. The lowest BCUT2D eigenvalue weighted by Crippen LogP contribution is -2.38. The summed E-state index contributed by atoms with van der Waals surface area (Å²) in [4.78, 5) is 72.3. The molecule has 2 aliphatic rings. The Morgan fingerprint density at radius 3 is 2.82 bits per heavy atom. The van der Waals surface area contributed by atoms with Gasteiger partial charge in [0, 0.05) is 38.4 Å². The Labute approximate surface area is 227 Å². The summed E-state index contributed by atoms with van der Waals surface area (Å²) >= 11 is 0.820. The Kier molecular flexibility index (Phi) is 7.82. The second kappa shape index (κ2) is 11.6. The second-order valence-electron chi connectivity index (χ2n) is 9.07. The number of imide groups is 1. The minimum absolute atomic E-state index is 0.00352. The van der Waals surface area contributed by atoms with E-state index in [-0.39, 0.29) is 29.1 Å². The molecule has 1 saturated heterocycles. The summed E-state index contributed by atoms with van der Waals surface area (Å²) < 4.78 is 6.83. The van der Waals surface area contributed by atoms with Gasteiger partial charge in [-0.05, 0) is 60.5 Å². The van der Waals surface area contributed by atoms with Crippen LogP contribution in [0.15, 0.2) is 52.4 Å². The van der Waals surface area contributed by atoms with Gasteiger partial charge in [0.2, 0.25) is 0 Å². The number of nitrogens with one attached hydrogen (secondary N) is 1. The van der Waals surface area contributed by atoms with E-state index in [1.165, 1.54) is 12.1 Å². The number of carbonyl (C=O) groups excluding carboxylic acids is 4. The van der Waals surface area contributed by atoms with E-state index in [4.69, 9.17) is 4.74 Å². The van der Waals surface area contributed by atoms with E-state index in [0.29, 0.717) is 35.3 Å². The average molecular weight is 548 g/mol. The molecule has 11 nitrogen and oxygen atoms in total. The number of aryl methyl sites for hydroxylation is 1. The van der Waals surface area contributed by atoms with Crippen molar-refractivity contribution in [2.24, 2.45) is 0 Å². The highest BCUT2D eigenvalue weighted by molar-refractivity contribution is 8.18. The predicted octanol–water partition coefficient (Wildman–Crippen LogP) is 2.53. The van der Waals surface area contributed by atoms with Crippen LogP contribution in [0.4, 0.5) is 4.79 Å². The van der Waals surface area contributed by atoms with Gasteiger partial charge in [-0.3, -0.25) is 33.6 Å². The van der Waals surface area contributed by atoms with Gasteiger partial charge in [0.1, 0.15) is 5.82 Å². The summed E-state index contributed by atoms with van der Waals surface area (Å²) in [6.07, 6.45) is 8.40. The first kappa shape index (κ1) is 26.3. The monoisotopic (exact) mass is 547 g/mol. The third kappa shape index (κ3) is 5.90. The van der Waals surface area contributed by atoms with E-state index in [0.717, 1.165) is 35.9 Å². The molecular weight excluding hydrogens is 522 g/mol. The van der Waals surface area contributed by atoms with E-state index >= 15 is 0 Å². The number of aromatic nitrogens is 3. The molecule has 4 heterocycles. The highest BCUT2D eigenvalue weighted by Gasteiger charge is 2.34. The molecule has 12 heteroatoms. The molecule has 0 radical (unpaired) electrons. The van der Waals surface area contributed by atoms with Crippen LogP contribution in [0.25, 0.3) is 17.0 Å². The van der Waals surface area contributed by atoms with E-state index in [2.05, 4.69) is 15.3 Å². The molecule has 0 aliphatic carbocycles. The van der Waals surface area contributed by atoms with Crippen molar-refractivity contribution >= 4 is 51.8 Å². The molecule has 1 aromatic carbocycles. The fourth-order valence-electron chi connectivity index (χ4n) is 4.42. The van der Waals surface area contributed by atoms with Gasteiger partial charge in [-0.1, -0.05) is 12.5 Å². The van der Waals surface area contributed by atoms with Gasteiger partial charge in [-0.25, -0.2) is 9.78 Å². The minimum atomic E-state index is -0.727. The zero-order chi connectivity index (χ0) is 27.4. The van der Waals surface area contributed by atoms with Crippen LogP contribution in [0, 0.1) is 0 Å². The number of amides is 3. The van der Waals surface area contributed by atoms with Crippen LogP contribution in [0.1, 0.15) is 41.0 Å². The molecule has 39 heavy (non-hydrogen) atoms. The molecule has 1 N–H and O–H groups in total. The number of nitrogens with zero attached hydrogens (tertiary/aromatic N) is 4. The van der Waals surface area contributed by atoms with E-state index in [1.54, 1.807) is 41.2 Å². The van der Waals surface area contributed by atoms with Crippen molar-refractivity contribution in [2.75, 3.05) is 19.7 Å². The lowest BCUT2D eigenvalue weighted by Gasteiger charge is -2.13. The van der Waals surface area contributed by atoms with Crippen LogP contribution in [0.2, 0.25) is 0 Å². The van der Waals surface area contributed by atoms with Gasteiger partial charge in [0.05, 0.1) is 21.4 Å². The SMILES string of the molecule is O=C(COC(=O)c1ccc2c(=O)n3c(nc2c1)CCCCC3)NCCN1C(=O)S/C(=C\c2cccnc2)C1=O. The quantitative estimate of drug-likeness (QED) is 0.349. The Morgan fingerprint density at radius 2 is 2.00 bits per heavy atom. The number of hydrogen-bond donors (Lipinski definition) is 1. The number of pyridine rings is 1. The topological polar surface area (TPSA) is 141 Å². The van der Waals surface area contributed by atoms with Gasteiger partial charge >= 0.3 is 5.97 Å². The van der Waals surface area contributed by atoms with Crippen molar-refractivity contribution in [3.63, 3.8) is 0 Å². The zero-order valence-electron chi connectivity index (χ0n) is 20.9.